The summed E-state index contributed by atoms with van der Waals surface area (Å²) in [5.74, 6) is 0.433. The molecule has 0 spiro atoms. The van der Waals surface area contributed by atoms with Crippen molar-refractivity contribution in [1.82, 2.24) is 0 Å². The van der Waals surface area contributed by atoms with Crippen molar-refractivity contribution in [2.24, 2.45) is 0 Å². The highest BCUT2D eigenvalue weighted by molar-refractivity contribution is 5.94. The summed E-state index contributed by atoms with van der Waals surface area (Å²) in [5, 5.41) is 0. The normalized spacial score (nSPS) is 21.0. The molecular weight excluding hydrogens is 417 g/mol. The van der Waals surface area contributed by atoms with Crippen LogP contribution in [-0.2, 0) is 0 Å². The van der Waals surface area contributed by atoms with Crippen LogP contribution in [0.25, 0.3) is 11.6 Å². The summed E-state index contributed by atoms with van der Waals surface area (Å²) >= 11 is 0. The maximum Gasteiger partial charge on any atom is 0.0975 e. The summed E-state index contributed by atoms with van der Waals surface area (Å²) in [6.45, 7) is 4.66. The molecule has 0 aromatic heterocycles. The molecule has 1 nitrogen and oxygen atoms in total. The summed E-state index contributed by atoms with van der Waals surface area (Å²) in [6.07, 6.45) is 6.04. The molecule has 0 saturated heterocycles. The maximum atomic E-state index is 2.46. The van der Waals surface area contributed by atoms with Gasteiger partial charge in [0.25, 0.3) is 0 Å². The molecule has 2 aromatic carbocycles. The number of rotatable bonds is 1. The molecule has 0 N–H and O–H groups in total. The molecule has 2 aliphatic rings. The molecule has 0 amide bonds. The molecule has 1 aliphatic heterocycles. The molecule has 1 aliphatic carbocycles. The number of nitrogens with zero attached hydrogens (tertiary/aromatic N) is 1. The third-order valence-corrected chi connectivity index (χ3v) is 5.64. The van der Waals surface area contributed by atoms with E-state index in [0.717, 1.165) is 17.4 Å². The van der Waals surface area contributed by atoms with Crippen LogP contribution in [0.2, 0.25) is 0 Å². The van der Waals surface area contributed by atoms with Gasteiger partial charge in [0.05, 0.1) is 27.2 Å². The molecule has 130 valence electrons. The molecule has 0 radical (unpaired) electrons. The first kappa shape index (κ1) is 18.4. The fraction of sp³-hybridized carbons (Fsp3) is 0.304. The minimum absolute atomic E-state index is 0. The summed E-state index contributed by atoms with van der Waals surface area (Å²) in [5.41, 5.74) is 8.63. The van der Waals surface area contributed by atoms with Crippen LogP contribution in [0.4, 0.5) is 0 Å². The number of quaternary nitrogens is 1. The highest BCUT2D eigenvalue weighted by atomic mass is 127. The highest BCUT2D eigenvalue weighted by Crippen LogP contribution is 2.41. The summed E-state index contributed by atoms with van der Waals surface area (Å²) in [4.78, 5) is 0. The lowest BCUT2D eigenvalue weighted by Gasteiger charge is -2.33. The van der Waals surface area contributed by atoms with Gasteiger partial charge < -0.3 is 28.5 Å². The summed E-state index contributed by atoms with van der Waals surface area (Å²) in [6, 6.07) is 17.8. The highest BCUT2D eigenvalue weighted by Gasteiger charge is 2.26. The van der Waals surface area contributed by atoms with Gasteiger partial charge in [-0.2, -0.15) is 0 Å². The van der Waals surface area contributed by atoms with Gasteiger partial charge in [-0.3, -0.25) is 0 Å². The Hall–Kier alpha value is -1.39. The topological polar surface area (TPSA) is 0 Å². The predicted octanol–water partition coefficient (Wildman–Crippen LogP) is 2.10. The lowest BCUT2D eigenvalue weighted by atomic mass is 9.86. The maximum absolute atomic E-state index is 2.46. The largest absolute Gasteiger partial charge is 1.00 e. The van der Waals surface area contributed by atoms with Crippen LogP contribution in [0.3, 0.4) is 0 Å². The van der Waals surface area contributed by atoms with E-state index in [1.807, 2.05) is 0 Å². The van der Waals surface area contributed by atoms with Crippen molar-refractivity contribution in [2.45, 2.75) is 19.3 Å². The van der Waals surface area contributed by atoms with E-state index in [1.165, 1.54) is 39.9 Å². The second-order valence-electron chi connectivity index (χ2n) is 7.82. The zero-order chi connectivity index (χ0) is 16.7. The molecule has 0 unspecified atom stereocenters. The van der Waals surface area contributed by atoms with E-state index in [9.17, 15) is 0 Å². The van der Waals surface area contributed by atoms with Crippen molar-refractivity contribution >= 4 is 11.6 Å². The first-order valence-corrected chi connectivity index (χ1v) is 8.96. The Bertz CT molecular complexity index is 845. The number of hydrogen-bond acceptors (Lipinski definition) is 0. The second kappa shape index (κ2) is 7.08. The van der Waals surface area contributed by atoms with Crippen molar-refractivity contribution < 1.29 is 28.5 Å². The lowest BCUT2D eigenvalue weighted by Crippen LogP contribution is -3.00. The minimum Gasteiger partial charge on any atom is -1.00 e. The Morgan fingerprint density at radius 1 is 0.920 bits per heavy atom. The van der Waals surface area contributed by atoms with Crippen LogP contribution in [0, 0.1) is 0 Å². The lowest BCUT2D eigenvalue weighted by molar-refractivity contribution is -0.885. The van der Waals surface area contributed by atoms with E-state index < -0.39 is 0 Å². The molecule has 25 heavy (non-hydrogen) atoms. The van der Waals surface area contributed by atoms with Gasteiger partial charge in [0.15, 0.2) is 0 Å². The molecule has 0 bridgehead atoms. The Kier molecular flexibility index (Phi) is 5.21. The standard InChI is InChI=1S/C23H26N.HI/c1-17-20-9-5-4-8-19(20)16-23(22-11-7-6-10-21(17)22)18-12-14-24(2,3)15-13-18;/h4-12,16-17H,13-15H2,1-3H3;1H/q+1;/p-1/t17-;/m1./s1. The minimum atomic E-state index is 0. The third-order valence-electron chi connectivity index (χ3n) is 5.64. The van der Waals surface area contributed by atoms with Gasteiger partial charge in [-0.1, -0.05) is 55.5 Å². The Morgan fingerprint density at radius 2 is 1.60 bits per heavy atom. The monoisotopic (exact) mass is 443 g/mol. The van der Waals surface area contributed by atoms with Crippen LogP contribution in [-0.4, -0.2) is 31.7 Å². The van der Waals surface area contributed by atoms with Gasteiger partial charge in [-0.15, -0.1) is 0 Å². The molecule has 2 aromatic rings. The predicted molar refractivity (Wildman–Crippen MR) is 103 cm³/mol. The van der Waals surface area contributed by atoms with Crippen molar-refractivity contribution in [3.8, 4) is 0 Å². The van der Waals surface area contributed by atoms with E-state index in [4.69, 9.17) is 0 Å². The van der Waals surface area contributed by atoms with Crippen LogP contribution < -0.4 is 24.0 Å². The number of fused-ring (bicyclic) bond motifs is 2. The Morgan fingerprint density at radius 3 is 2.32 bits per heavy atom. The van der Waals surface area contributed by atoms with Gasteiger partial charge in [0.2, 0.25) is 0 Å². The number of likely N-dealkylation sites (N-methyl/N-ethyl adjacent to an activating group) is 1. The van der Waals surface area contributed by atoms with Crippen molar-refractivity contribution in [2.75, 3.05) is 27.2 Å². The average Bonchev–Trinajstić information content (AvgIpc) is 2.71. The zero-order valence-electron chi connectivity index (χ0n) is 15.3. The van der Waals surface area contributed by atoms with Crippen molar-refractivity contribution in [3.05, 3.63) is 82.4 Å². The van der Waals surface area contributed by atoms with E-state index >= 15 is 0 Å². The zero-order valence-corrected chi connectivity index (χ0v) is 17.5. The molecule has 2 heteroatoms. The molecule has 0 saturated carbocycles. The van der Waals surface area contributed by atoms with Crippen LogP contribution in [0.15, 0.2) is 60.2 Å². The number of hydrogen-bond donors (Lipinski definition) is 0. The van der Waals surface area contributed by atoms with E-state index in [0.29, 0.717) is 5.92 Å². The summed E-state index contributed by atoms with van der Waals surface area (Å²) in [7, 11) is 4.64. The summed E-state index contributed by atoms with van der Waals surface area (Å²) < 4.78 is 1.09. The quantitative estimate of drug-likeness (QED) is 0.468. The molecule has 1 atom stereocenters. The number of allylic oxidation sites excluding steroid dienone is 1. The Labute approximate surface area is 168 Å². The fourth-order valence-corrected chi connectivity index (χ4v) is 4.04. The van der Waals surface area contributed by atoms with Crippen molar-refractivity contribution in [3.63, 3.8) is 0 Å². The van der Waals surface area contributed by atoms with Gasteiger partial charge in [0.1, 0.15) is 0 Å². The Balaban J connectivity index is 0.00000182. The molecule has 1 heterocycles. The van der Waals surface area contributed by atoms with Crippen LogP contribution in [0.1, 0.15) is 41.5 Å². The second-order valence-corrected chi connectivity index (χ2v) is 7.82. The first-order chi connectivity index (χ1) is 11.6. The van der Waals surface area contributed by atoms with Gasteiger partial charge in [0, 0.05) is 12.3 Å². The number of benzene rings is 2. The first-order valence-electron chi connectivity index (χ1n) is 8.96. The van der Waals surface area contributed by atoms with E-state index in [1.54, 1.807) is 0 Å². The smallest absolute Gasteiger partial charge is 0.0975 e. The molecule has 4 rings (SSSR count). The van der Waals surface area contributed by atoms with E-state index in [2.05, 4.69) is 81.7 Å². The number of halogens is 1. The molecule has 0 fully saturated rings. The third kappa shape index (κ3) is 3.47. The fourth-order valence-electron chi connectivity index (χ4n) is 4.04. The molecular formula is C23H26IN. The van der Waals surface area contributed by atoms with Gasteiger partial charge in [-0.05, 0) is 45.6 Å². The van der Waals surface area contributed by atoms with Crippen LogP contribution in [0.5, 0.6) is 0 Å². The van der Waals surface area contributed by atoms with Gasteiger partial charge >= 0.3 is 0 Å². The van der Waals surface area contributed by atoms with Crippen LogP contribution >= 0.6 is 0 Å². The van der Waals surface area contributed by atoms with Gasteiger partial charge in [-0.25, -0.2) is 0 Å². The SMILES string of the molecule is C[C@@H]1c2ccccc2C=C(C2=CC[N+](C)(C)CC2)c2ccccc21.[I-]. The van der Waals surface area contributed by atoms with E-state index in [-0.39, 0.29) is 24.0 Å². The van der Waals surface area contributed by atoms with Crippen molar-refractivity contribution in [1.29, 1.82) is 0 Å². The average molecular weight is 443 g/mol.